The van der Waals surface area contributed by atoms with Crippen molar-refractivity contribution in [2.45, 2.75) is 0 Å². The Hall–Kier alpha value is -3.02. The summed E-state index contributed by atoms with van der Waals surface area (Å²) in [4.78, 5) is 14.8. The lowest BCUT2D eigenvalue weighted by Crippen LogP contribution is -1.95. The summed E-state index contributed by atoms with van der Waals surface area (Å²) >= 11 is 0. The van der Waals surface area contributed by atoms with E-state index in [-0.39, 0.29) is 11.5 Å². The molecule has 0 radical (unpaired) electrons. The molecule has 0 saturated carbocycles. The monoisotopic (exact) mass is 267 g/mol. The molecule has 2 aromatic heterocycles. The molecule has 0 saturated heterocycles. The smallest absolute Gasteiger partial charge is 0.335 e. The zero-order valence-electron chi connectivity index (χ0n) is 10.2. The average Bonchev–Trinajstić information content (AvgIpc) is 2.98. The molecule has 0 amide bonds. The van der Waals surface area contributed by atoms with Crippen molar-refractivity contribution in [3.8, 4) is 22.9 Å². The number of aromatic carboxylic acids is 1. The molecule has 0 aliphatic rings. The third-order valence-electron chi connectivity index (χ3n) is 2.71. The minimum absolute atomic E-state index is 0.172. The minimum atomic E-state index is -0.999. The Morgan fingerprint density at radius 2 is 1.70 bits per heavy atom. The molecule has 0 aliphatic carbocycles. The van der Waals surface area contributed by atoms with Gasteiger partial charge in [-0.25, -0.2) is 4.79 Å². The fourth-order valence-electron chi connectivity index (χ4n) is 1.74. The first-order valence-corrected chi connectivity index (χ1v) is 5.81. The summed E-state index contributed by atoms with van der Waals surface area (Å²) < 4.78 is 5.55. The van der Waals surface area contributed by atoms with Crippen molar-refractivity contribution in [3.63, 3.8) is 0 Å². The van der Waals surface area contributed by atoms with Gasteiger partial charge in [-0.15, -0.1) is 10.2 Å². The Bertz CT molecular complexity index is 753. The Kier molecular flexibility index (Phi) is 2.96. The Balaban J connectivity index is 1.98. The molecule has 20 heavy (non-hydrogen) atoms. The second-order valence-electron chi connectivity index (χ2n) is 4.03. The maximum atomic E-state index is 10.9. The zero-order chi connectivity index (χ0) is 13.9. The lowest BCUT2D eigenvalue weighted by atomic mass is 10.1. The molecule has 3 rings (SSSR count). The van der Waals surface area contributed by atoms with Crippen LogP contribution in [0, 0.1) is 0 Å². The first-order valence-electron chi connectivity index (χ1n) is 5.81. The number of carboxylic acids is 1. The van der Waals surface area contributed by atoms with E-state index in [1.54, 1.807) is 36.7 Å². The molecule has 0 aliphatic heterocycles. The Labute approximate surface area is 113 Å². The van der Waals surface area contributed by atoms with E-state index in [0.717, 1.165) is 5.56 Å². The van der Waals surface area contributed by atoms with Gasteiger partial charge in [0, 0.05) is 23.5 Å². The number of benzene rings is 1. The summed E-state index contributed by atoms with van der Waals surface area (Å²) in [5, 5.41) is 16.8. The molecular formula is C14H9N3O3. The topological polar surface area (TPSA) is 89.1 Å². The quantitative estimate of drug-likeness (QED) is 0.784. The molecule has 1 N–H and O–H groups in total. The van der Waals surface area contributed by atoms with Crippen LogP contribution < -0.4 is 0 Å². The molecule has 98 valence electrons. The van der Waals surface area contributed by atoms with Crippen molar-refractivity contribution in [2.24, 2.45) is 0 Å². The Morgan fingerprint density at radius 3 is 2.40 bits per heavy atom. The van der Waals surface area contributed by atoms with Crippen molar-refractivity contribution in [2.75, 3.05) is 0 Å². The summed E-state index contributed by atoms with van der Waals surface area (Å²) in [5.41, 5.74) is 1.50. The molecular weight excluding hydrogens is 258 g/mol. The largest absolute Gasteiger partial charge is 0.478 e. The van der Waals surface area contributed by atoms with Gasteiger partial charge in [0.2, 0.25) is 11.8 Å². The van der Waals surface area contributed by atoms with Gasteiger partial charge >= 0.3 is 5.97 Å². The van der Waals surface area contributed by atoms with Gasteiger partial charge in [-0.1, -0.05) is 6.07 Å². The van der Waals surface area contributed by atoms with E-state index in [1.807, 2.05) is 0 Å². The maximum Gasteiger partial charge on any atom is 0.335 e. The molecule has 0 spiro atoms. The number of hydrogen-bond donors (Lipinski definition) is 1. The summed E-state index contributed by atoms with van der Waals surface area (Å²) in [6.45, 7) is 0. The first-order chi connectivity index (χ1) is 9.74. The first kappa shape index (κ1) is 12.0. The number of hydrogen-bond acceptors (Lipinski definition) is 5. The van der Waals surface area contributed by atoms with E-state index in [2.05, 4.69) is 15.2 Å². The standard InChI is InChI=1S/C14H9N3O3/c18-14(19)11-3-1-2-10(8-11)13-17-16-12(20-13)9-4-6-15-7-5-9/h1-8H,(H,18,19). The van der Waals surface area contributed by atoms with Gasteiger partial charge in [0.25, 0.3) is 0 Å². The van der Waals surface area contributed by atoms with Crippen molar-refractivity contribution in [1.82, 2.24) is 15.2 Å². The third-order valence-corrected chi connectivity index (χ3v) is 2.71. The van der Waals surface area contributed by atoms with Gasteiger partial charge in [0.05, 0.1) is 5.56 Å². The van der Waals surface area contributed by atoms with Crippen LogP contribution in [-0.4, -0.2) is 26.3 Å². The highest BCUT2D eigenvalue weighted by Gasteiger charge is 2.12. The molecule has 0 unspecified atom stereocenters. The average molecular weight is 267 g/mol. The van der Waals surface area contributed by atoms with Gasteiger partial charge in [-0.2, -0.15) is 0 Å². The van der Waals surface area contributed by atoms with Gasteiger partial charge in [0.1, 0.15) is 0 Å². The summed E-state index contributed by atoms with van der Waals surface area (Å²) in [6.07, 6.45) is 3.26. The van der Waals surface area contributed by atoms with E-state index in [0.29, 0.717) is 11.5 Å². The third kappa shape index (κ3) is 2.26. The van der Waals surface area contributed by atoms with Crippen LogP contribution in [0.5, 0.6) is 0 Å². The van der Waals surface area contributed by atoms with E-state index in [9.17, 15) is 4.79 Å². The lowest BCUT2D eigenvalue weighted by molar-refractivity contribution is 0.0697. The predicted octanol–water partition coefficient (Wildman–Crippen LogP) is 2.50. The van der Waals surface area contributed by atoms with Crippen LogP contribution in [0.1, 0.15) is 10.4 Å². The van der Waals surface area contributed by atoms with Gasteiger partial charge in [-0.3, -0.25) is 4.98 Å². The fourth-order valence-corrected chi connectivity index (χ4v) is 1.74. The number of carbonyl (C=O) groups is 1. The highest BCUT2D eigenvalue weighted by molar-refractivity contribution is 5.88. The van der Waals surface area contributed by atoms with Crippen LogP contribution in [0.3, 0.4) is 0 Å². The molecule has 6 heteroatoms. The zero-order valence-corrected chi connectivity index (χ0v) is 10.2. The molecule has 0 bridgehead atoms. The molecule has 2 heterocycles. The van der Waals surface area contributed by atoms with Gasteiger partial charge in [-0.05, 0) is 30.3 Å². The molecule has 1 aromatic carbocycles. The molecule has 0 atom stereocenters. The number of nitrogens with zero attached hydrogens (tertiary/aromatic N) is 3. The normalized spacial score (nSPS) is 10.4. The second kappa shape index (κ2) is 4.93. The van der Waals surface area contributed by atoms with Crippen molar-refractivity contribution >= 4 is 5.97 Å². The van der Waals surface area contributed by atoms with Gasteiger partial charge < -0.3 is 9.52 Å². The summed E-state index contributed by atoms with van der Waals surface area (Å²) in [7, 11) is 0. The second-order valence-corrected chi connectivity index (χ2v) is 4.03. The van der Waals surface area contributed by atoms with E-state index in [1.165, 1.54) is 12.1 Å². The molecule has 6 nitrogen and oxygen atoms in total. The van der Waals surface area contributed by atoms with Crippen LogP contribution in [-0.2, 0) is 0 Å². The number of rotatable bonds is 3. The number of aromatic nitrogens is 3. The van der Waals surface area contributed by atoms with Crippen LogP contribution in [0.2, 0.25) is 0 Å². The van der Waals surface area contributed by atoms with Crippen molar-refractivity contribution in [1.29, 1.82) is 0 Å². The van der Waals surface area contributed by atoms with E-state index >= 15 is 0 Å². The minimum Gasteiger partial charge on any atom is -0.478 e. The number of pyridine rings is 1. The van der Waals surface area contributed by atoms with Gasteiger partial charge in [0.15, 0.2) is 0 Å². The number of carboxylic acid groups (broad SMARTS) is 1. The molecule has 0 fully saturated rings. The molecule has 3 aromatic rings. The van der Waals surface area contributed by atoms with Crippen molar-refractivity contribution in [3.05, 3.63) is 54.4 Å². The maximum absolute atomic E-state index is 10.9. The predicted molar refractivity (Wildman–Crippen MR) is 69.9 cm³/mol. The summed E-state index contributed by atoms with van der Waals surface area (Å²) in [5.74, 6) is -0.358. The van der Waals surface area contributed by atoms with E-state index in [4.69, 9.17) is 9.52 Å². The lowest BCUT2D eigenvalue weighted by Gasteiger charge is -1.97. The van der Waals surface area contributed by atoms with Crippen LogP contribution in [0.15, 0.2) is 53.2 Å². The van der Waals surface area contributed by atoms with Crippen LogP contribution in [0.25, 0.3) is 22.9 Å². The fraction of sp³-hybridized carbons (Fsp3) is 0. The van der Waals surface area contributed by atoms with Crippen LogP contribution >= 0.6 is 0 Å². The highest BCUT2D eigenvalue weighted by atomic mass is 16.4. The SMILES string of the molecule is O=C(O)c1cccc(-c2nnc(-c3ccncc3)o2)c1. The Morgan fingerprint density at radius 1 is 1.00 bits per heavy atom. The van der Waals surface area contributed by atoms with E-state index < -0.39 is 5.97 Å². The highest BCUT2D eigenvalue weighted by Crippen LogP contribution is 2.23. The summed E-state index contributed by atoms with van der Waals surface area (Å²) in [6, 6.07) is 9.86. The van der Waals surface area contributed by atoms with Crippen LogP contribution in [0.4, 0.5) is 0 Å². The van der Waals surface area contributed by atoms with Crippen molar-refractivity contribution < 1.29 is 14.3 Å².